The van der Waals surface area contributed by atoms with Gasteiger partial charge in [0.15, 0.2) is 0 Å². The van der Waals surface area contributed by atoms with Gasteiger partial charge in [0.05, 0.1) is 0 Å². The molecule has 0 radical (unpaired) electrons. The smallest absolute Gasteiger partial charge is 0.0235 e. The molecule has 3 heteroatoms. The van der Waals surface area contributed by atoms with Gasteiger partial charge in [0.1, 0.15) is 0 Å². The predicted molar refractivity (Wildman–Crippen MR) is 62.8 cm³/mol. The maximum Gasteiger partial charge on any atom is 0.0235 e. The molecule has 0 aromatic rings. The summed E-state index contributed by atoms with van der Waals surface area (Å²) in [5.41, 5.74) is 0. The van der Waals surface area contributed by atoms with Gasteiger partial charge < -0.3 is 0 Å². The summed E-state index contributed by atoms with van der Waals surface area (Å²) in [5, 5.41) is 0. The Morgan fingerprint density at radius 1 is 1.31 bits per heavy atom. The maximum absolute atomic E-state index is 11.0. The van der Waals surface area contributed by atoms with Crippen LogP contribution in [0, 0.1) is 5.92 Å². The first-order valence-electron chi connectivity index (χ1n) is 5.14. The third-order valence-electron chi connectivity index (χ3n) is 2.84. The fourth-order valence-electron chi connectivity index (χ4n) is 1.98. The monoisotopic (exact) mass is 266 g/mol. The number of halogens is 1. The van der Waals surface area contributed by atoms with E-state index in [1.165, 1.54) is 32.1 Å². The van der Waals surface area contributed by atoms with Crippen molar-refractivity contribution in [3.05, 3.63) is 0 Å². The highest BCUT2D eigenvalue weighted by atomic mass is 79.9. The minimum absolute atomic E-state index is 0.609. The second-order valence-corrected chi connectivity index (χ2v) is 6.71. The van der Waals surface area contributed by atoms with Gasteiger partial charge in [-0.15, -0.1) is 0 Å². The van der Waals surface area contributed by atoms with Crippen molar-refractivity contribution in [1.82, 2.24) is 0 Å². The fourth-order valence-corrected chi connectivity index (χ4v) is 3.47. The van der Waals surface area contributed by atoms with Gasteiger partial charge in [-0.25, -0.2) is 0 Å². The molecule has 0 amide bonds. The Balaban J connectivity index is 2.31. The molecule has 0 aromatic carbocycles. The molecule has 0 heterocycles. The lowest BCUT2D eigenvalue weighted by Crippen LogP contribution is -2.15. The number of hydrogen-bond acceptors (Lipinski definition) is 1. The molecule has 1 rings (SSSR count). The summed E-state index contributed by atoms with van der Waals surface area (Å²) >= 11 is 3.76. The van der Waals surface area contributed by atoms with E-state index < -0.39 is 10.8 Å². The zero-order valence-corrected chi connectivity index (χ0v) is 10.7. The molecule has 1 saturated carbocycles. The molecule has 0 spiro atoms. The van der Waals surface area contributed by atoms with E-state index in [4.69, 9.17) is 0 Å². The lowest BCUT2D eigenvalue weighted by Gasteiger charge is -2.18. The molecule has 1 aliphatic rings. The largest absolute Gasteiger partial charge is 0.260 e. The van der Waals surface area contributed by atoms with Crippen molar-refractivity contribution in [2.24, 2.45) is 5.92 Å². The summed E-state index contributed by atoms with van der Waals surface area (Å²) in [6.45, 7) is 0. The summed E-state index contributed by atoms with van der Waals surface area (Å²) < 4.78 is 11.0. The van der Waals surface area contributed by atoms with Crippen molar-refractivity contribution in [3.63, 3.8) is 0 Å². The van der Waals surface area contributed by atoms with E-state index in [-0.39, 0.29) is 0 Å². The van der Waals surface area contributed by atoms with E-state index in [2.05, 4.69) is 15.9 Å². The van der Waals surface area contributed by atoms with Crippen LogP contribution in [0.4, 0.5) is 0 Å². The summed E-state index contributed by atoms with van der Waals surface area (Å²) in [6.07, 6.45) is 9.69. The number of hydrogen-bond donors (Lipinski definition) is 0. The van der Waals surface area contributed by atoms with Crippen LogP contribution in [-0.4, -0.2) is 21.0 Å². The molecular formula is C10H19BrOS. The van der Waals surface area contributed by atoms with Crippen molar-refractivity contribution >= 4 is 26.7 Å². The van der Waals surface area contributed by atoms with Gasteiger partial charge in [-0.05, 0) is 25.2 Å². The van der Waals surface area contributed by atoms with E-state index in [0.717, 1.165) is 18.1 Å². The number of alkyl halides is 1. The van der Waals surface area contributed by atoms with Crippen LogP contribution in [0.2, 0.25) is 0 Å². The average Bonchev–Trinajstić information content (AvgIpc) is 2.27. The molecule has 13 heavy (non-hydrogen) atoms. The summed E-state index contributed by atoms with van der Waals surface area (Å²) in [6, 6.07) is 0. The SMILES string of the molecule is CS(=O)CCC1CCCCCC1Br. The maximum atomic E-state index is 11.0. The van der Waals surface area contributed by atoms with Crippen LogP contribution < -0.4 is 0 Å². The van der Waals surface area contributed by atoms with E-state index in [1.54, 1.807) is 6.26 Å². The third-order valence-corrected chi connectivity index (χ3v) is 4.86. The van der Waals surface area contributed by atoms with Crippen LogP contribution in [0.25, 0.3) is 0 Å². The van der Waals surface area contributed by atoms with Gasteiger partial charge in [0.25, 0.3) is 0 Å². The molecule has 1 aliphatic carbocycles. The van der Waals surface area contributed by atoms with E-state index in [0.29, 0.717) is 4.83 Å². The van der Waals surface area contributed by atoms with E-state index >= 15 is 0 Å². The van der Waals surface area contributed by atoms with Crippen LogP contribution in [0.5, 0.6) is 0 Å². The topological polar surface area (TPSA) is 17.1 Å². The minimum Gasteiger partial charge on any atom is -0.260 e. The third kappa shape index (κ3) is 4.59. The molecule has 3 atom stereocenters. The molecule has 78 valence electrons. The first-order valence-corrected chi connectivity index (χ1v) is 7.78. The van der Waals surface area contributed by atoms with Gasteiger partial charge in [0, 0.05) is 27.6 Å². The highest BCUT2D eigenvalue weighted by molar-refractivity contribution is 9.09. The molecular weight excluding hydrogens is 248 g/mol. The van der Waals surface area contributed by atoms with Gasteiger partial charge in [0.2, 0.25) is 0 Å². The summed E-state index contributed by atoms with van der Waals surface area (Å²) in [4.78, 5) is 0.679. The molecule has 0 bridgehead atoms. The summed E-state index contributed by atoms with van der Waals surface area (Å²) in [5.74, 6) is 1.65. The van der Waals surface area contributed by atoms with Gasteiger partial charge >= 0.3 is 0 Å². The summed E-state index contributed by atoms with van der Waals surface area (Å²) in [7, 11) is -0.609. The molecule has 1 fully saturated rings. The second-order valence-electron chi connectivity index (χ2n) is 3.98. The minimum atomic E-state index is -0.609. The molecule has 1 nitrogen and oxygen atoms in total. The fraction of sp³-hybridized carbons (Fsp3) is 1.00. The van der Waals surface area contributed by atoms with Crippen molar-refractivity contribution in [2.45, 2.75) is 43.4 Å². The lowest BCUT2D eigenvalue weighted by atomic mass is 9.98. The van der Waals surface area contributed by atoms with Crippen molar-refractivity contribution in [1.29, 1.82) is 0 Å². The van der Waals surface area contributed by atoms with Gasteiger partial charge in [-0.1, -0.05) is 35.2 Å². The highest BCUT2D eigenvalue weighted by Gasteiger charge is 2.20. The first-order chi connectivity index (χ1) is 6.20. The molecule has 0 N–H and O–H groups in total. The average molecular weight is 267 g/mol. The molecule has 0 aliphatic heterocycles. The standard InChI is InChI=1S/C10H19BrOS/c1-13(12)8-7-9-5-3-2-4-6-10(9)11/h9-10H,2-8H2,1H3. The van der Waals surface area contributed by atoms with Crippen molar-refractivity contribution in [3.8, 4) is 0 Å². The van der Waals surface area contributed by atoms with Crippen LogP contribution in [-0.2, 0) is 10.8 Å². The first kappa shape index (κ1) is 11.7. The molecule has 3 unspecified atom stereocenters. The van der Waals surface area contributed by atoms with E-state index in [1.807, 2.05) is 0 Å². The highest BCUT2D eigenvalue weighted by Crippen LogP contribution is 2.30. The lowest BCUT2D eigenvalue weighted by molar-refractivity contribution is 0.465. The van der Waals surface area contributed by atoms with Gasteiger partial charge in [-0.3, -0.25) is 4.21 Å². The van der Waals surface area contributed by atoms with Crippen molar-refractivity contribution in [2.75, 3.05) is 12.0 Å². The Kier molecular flexibility index (Phi) is 5.56. The zero-order chi connectivity index (χ0) is 9.68. The van der Waals surface area contributed by atoms with Crippen LogP contribution in [0.3, 0.4) is 0 Å². The Morgan fingerprint density at radius 2 is 2.00 bits per heavy atom. The molecule has 0 aromatic heterocycles. The normalized spacial score (nSPS) is 32.5. The Bertz CT molecular complexity index is 172. The van der Waals surface area contributed by atoms with Gasteiger partial charge in [-0.2, -0.15) is 0 Å². The molecule has 0 saturated heterocycles. The quantitative estimate of drug-likeness (QED) is 0.567. The van der Waals surface area contributed by atoms with Crippen LogP contribution in [0.1, 0.15) is 38.5 Å². The predicted octanol–water partition coefficient (Wildman–Crippen LogP) is 3.10. The Hall–Kier alpha value is 0.630. The second kappa shape index (κ2) is 6.18. The Morgan fingerprint density at radius 3 is 2.69 bits per heavy atom. The van der Waals surface area contributed by atoms with Crippen molar-refractivity contribution < 1.29 is 4.21 Å². The van der Waals surface area contributed by atoms with Crippen LogP contribution in [0.15, 0.2) is 0 Å². The number of rotatable bonds is 3. The van der Waals surface area contributed by atoms with Crippen LogP contribution >= 0.6 is 15.9 Å². The Labute approximate surface area is 92.3 Å². The zero-order valence-electron chi connectivity index (χ0n) is 8.30. The van der Waals surface area contributed by atoms with E-state index in [9.17, 15) is 4.21 Å².